The Morgan fingerprint density at radius 2 is 2.36 bits per heavy atom. The number of rotatable bonds is 2. The van der Waals surface area contributed by atoms with Crippen molar-refractivity contribution in [2.24, 2.45) is 5.73 Å². The SMILES string of the molecule is CNc1ccc2noc(C(N)=O)c2n1. The van der Waals surface area contributed by atoms with Gasteiger partial charge in [0.25, 0.3) is 5.91 Å². The van der Waals surface area contributed by atoms with Crippen LogP contribution in [0, 0.1) is 0 Å². The van der Waals surface area contributed by atoms with Crippen LogP contribution in [-0.2, 0) is 0 Å². The lowest BCUT2D eigenvalue weighted by Gasteiger charge is -1.96. The van der Waals surface area contributed by atoms with Crippen molar-refractivity contribution in [3.05, 3.63) is 17.9 Å². The topological polar surface area (TPSA) is 94.0 Å². The Morgan fingerprint density at radius 1 is 1.57 bits per heavy atom. The number of nitrogens with zero attached hydrogens (tertiary/aromatic N) is 2. The number of carbonyl (C=O) groups excluding carboxylic acids is 1. The first kappa shape index (κ1) is 8.49. The highest BCUT2D eigenvalue weighted by atomic mass is 16.5. The second kappa shape index (κ2) is 2.99. The second-order valence-corrected chi connectivity index (χ2v) is 2.69. The molecule has 0 aliphatic rings. The van der Waals surface area contributed by atoms with E-state index in [1.807, 2.05) is 0 Å². The minimum absolute atomic E-state index is 0.0166. The van der Waals surface area contributed by atoms with E-state index < -0.39 is 5.91 Å². The average Bonchev–Trinajstić information content (AvgIpc) is 2.59. The number of aromatic nitrogens is 2. The van der Waals surface area contributed by atoms with Gasteiger partial charge in [0.2, 0.25) is 5.76 Å². The van der Waals surface area contributed by atoms with Gasteiger partial charge in [-0.1, -0.05) is 5.16 Å². The van der Waals surface area contributed by atoms with Gasteiger partial charge in [-0.3, -0.25) is 4.79 Å². The van der Waals surface area contributed by atoms with Crippen molar-refractivity contribution in [1.29, 1.82) is 0 Å². The summed E-state index contributed by atoms with van der Waals surface area (Å²) in [5.74, 6) is -0.0615. The zero-order valence-electron chi connectivity index (χ0n) is 7.44. The third-order valence-corrected chi connectivity index (χ3v) is 1.80. The van der Waals surface area contributed by atoms with Crippen molar-refractivity contribution in [3.8, 4) is 0 Å². The number of anilines is 1. The van der Waals surface area contributed by atoms with Crippen LogP contribution < -0.4 is 11.1 Å². The van der Waals surface area contributed by atoms with E-state index in [-0.39, 0.29) is 5.76 Å². The highest BCUT2D eigenvalue weighted by Gasteiger charge is 2.14. The van der Waals surface area contributed by atoms with E-state index in [0.29, 0.717) is 16.9 Å². The average molecular weight is 192 g/mol. The van der Waals surface area contributed by atoms with E-state index in [9.17, 15) is 4.79 Å². The molecule has 14 heavy (non-hydrogen) atoms. The van der Waals surface area contributed by atoms with Crippen LogP contribution in [0.1, 0.15) is 10.6 Å². The summed E-state index contributed by atoms with van der Waals surface area (Å²) in [6, 6.07) is 3.43. The van der Waals surface area contributed by atoms with Crippen molar-refractivity contribution in [2.45, 2.75) is 0 Å². The lowest BCUT2D eigenvalue weighted by molar-refractivity contribution is 0.0967. The number of carbonyl (C=O) groups is 1. The molecular formula is C8H8N4O2. The molecule has 2 aromatic heterocycles. The molecule has 2 heterocycles. The molecule has 0 aromatic carbocycles. The summed E-state index contributed by atoms with van der Waals surface area (Å²) in [5, 5.41) is 6.49. The molecule has 0 spiro atoms. The molecule has 0 aliphatic heterocycles. The fraction of sp³-hybridized carbons (Fsp3) is 0.125. The largest absolute Gasteiger partial charge is 0.373 e. The summed E-state index contributed by atoms with van der Waals surface area (Å²) in [5.41, 5.74) is 5.97. The van der Waals surface area contributed by atoms with Gasteiger partial charge >= 0.3 is 0 Å². The van der Waals surface area contributed by atoms with E-state index in [2.05, 4.69) is 15.5 Å². The van der Waals surface area contributed by atoms with Crippen LogP contribution in [0.5, 0.6) is 0 Å². The predicted octanol–water partition coefficient (Wildman–Crippen LogP) is 0.363. The summed E-state index contributed by atoms with van der Waals surface area (Å²) in [6.07, 6.45) is 0. The summed E-state index contributed by atoms with van der Waals surface area (Å²) < 4.78 is 4.76. The van der Waals surface area contributed by atoms with E-state index in [0.717, 1.165) is 0 Å². The fourth-order valence-corrected chi connectivity index (χ4v) is 1.13. The predicted molar refractivity (Wildman–Crippen MR) is 49.9 cm³/mol. The molecule has 3 N–H and O–H groups in total. The monoisotopic (exact) mass is 192 g/mol. The summed E-state index contributed by atoms with van der Waals surface area (Å²) in [7, 11) is 1.73. The number of nitrogens with two attached hydrogens (primary N) is 1. The zero-order chi connectivity index (χ0) is 10.1. The molecule has 0 saturated carbocycles. The number of amides is 1. The van der Waals surface area contributed by atoms with Crippen LogP contribution in [0.25, 0.3) is 11.0 Å². The smallest absolute Gasteiger partial charge is 0.289 e. The molecule has 1 amide bonds. The minimum atomic E-state index is -0.673. The molecule has 2 aromatic rings. The molecule has 6 heteroatoms. The van der Waals surface area contributed by atoms with Crippen LogP contribution in [0.2, 0.25) is 0 Å². The van der Waals surface area contributed by atoms with Gasteiger partial charge in [-0.25, -0.2) is 4.98 Å². The van der Waals surface area contributed by atoms with Gasteiger partial charge in [-0.05, 0) is 12.1 Å². The molecular weight excluding hydrogens is 184 g/mol. The lowest BCUT2D eigenvalue weighted by Crippen LogP contribution is -2.10. The Balaban J connectivity index is 2.69. The Labute approximate surface area is 79.1 Å². The number of nitrogens with one attached hydrogen (secondary N) is 1. The van der Waals surface area contributed by atoms with Crippen LogP contribution in [-0.4, -0.2) is 23.1 Å². The van der Waals surface area contributed by atoms with Gasteiger partial charge in [0.05, 0.1) is 0 Å². The van der Waals surface area contributed by atoms with E-state index >= 15 is 0 Å². The van der Waals surface area contributed by atoms with Crippen LogP contribution in [0.15, 0.2) is 16.7 Å². The van der Waals surface area contributed by atoms with Gasteiger partial charge in [0.15, 0.2) is 0 Å². The summed E-state index contributed by atoms with van der Waals surface area (Å²) >= 11 is 0. The number of fused-ring (bicyclic) bond motifs is 1. The summed E-state index contributed by atoms with van der Waals surface area (Å²) in [4.78, 5) is 15.0. The molecule has 0 unspecified atom stereocenters. The first-order valence-corrected chi connectivity index (χ1v) is 3.96. The third-order valence-electron chi connectivity index (χ3n) is 1.80. The minimum Gasteiger partial charge on any atom is -0.373 e. The highest BCUT2D eigenvalue weighted by molar-refractivity contribution is 6.01. The van der Waals surface area contributed by atoms with Crippen molar-refractivity contribution in [3.63, 3.8) is 0 Å². The van der Waals surface area contributed by atoms with Crippen molar-refractivity contribution in [2.75, 3.05) is 12.4 Å². The number of pyridine rings is 1. The zero-order valence-corrected chi connectivity index (χ0v) is 7.44. The van der Waals surface area contributed by atoms with E-state index in [1.54, 1.807) is 19.2 Å². The molecule has 0 bridgehead atoms. The maximum Gasteiger partial charge on any atom is 0.289 e. The number of primary amides is 1. The second-order valence-electron chi connectivity index (χ2n) is 2.69. The molecule has 72 valence electrons. The van der Waals surface area contributed by atoms with Crippen molar-refractivity contribution in [1.82, 2.24) is 10.1 Å². The molecule has 0 aliphatic carbocycles. The van der Waals surface area contributed by atoms with Crippen molar-refractivity contribution >= 4 is 22.8 Å². The van der Waals surface area contributed by atoms with Gasteiger partial charge in [-0.15, -0.1) is 0 Å². The number of hydrogen-bond donors (Lipinski definition) is 2. The van der Waals surface area contributed by atoms with E-state index in [4.69, 9.17) is 10.3 Å². The Hall–Kier alpha value is -2.11. The molecule has 0 saturated heterocycles. The Morgan fingerprint density at radius 3 is 3.00 bits per heavy atom. The van der Waals surface area contributed by atoms with Gasteiger partial charge < -0.3 is 15.6 Å². The first-order chi connectivity index (χ1) is 6.72. The quantitative estimate of drug-likeness (QED) is 0.716. The maximum absolute atomic E-state index is 10.9. The van der Waals surface area contributed by atoms with Gasteiger partial charge in [0.1, 0.15) is 16.9 Å². The van der Waals surface area contributed by atoms with Crippen LogP contribution in [0.4, 0.5) is 5.82 Å². The van der Waals surface area contributed by atoms with Crippen LogP contribution in [0.3, 0.4) is 0 Å². The maximum atomic E-state index is 10.9. The first-order valence-electron chi connectivity index (χ1n) is 3.96. The number of hydrogen-bond acceptors (Lipinski definition) is 5. The van der Waals surface area contributed by atoms with Gasteiger partial charge in [0, 0.05) is 7.05 Å². The normalized spacial score (nSPS) is 10.4. The molecule has 0 fully saturated rings. The summed E-state index contributed by atoms with van der Waals surface area (Å²) in [6.45, 7) is 0. The van der Waals surface area contributed by atoms with Crippen molar-refractivity contribution < 1.29 is 9.32 Å². The third kappa shape index (κ3) is 1.17. The molecule has 2 rings (SSSR count). The Kier molecular flexibility index (Phi) is 1.81. The lowest BCUT2D eigenvalue weighted by atomic mass is 10.3. The fourth-order valence-electron chi connectivity index (χ4n) is 1.13. The molecule has 6 nitrogen and oxygen atoms in total. The van der Waals surface area contributed by atoms with Gasteiger partial charge in [-0.2, -0.15) is 0 Å². The van der Waals surface area contributed by atoms with Crippen LogP contribution >= 0.6 is 0 Å². The van der Waals surface area contributed by atoms with E-state index in [1.165, 1.54) is 0 Å². The standard InChI is InChI=1S/C8H8N4O2/c1-10-5-3-2-4-6(11-5)7(8(9)13)14-12-4/h2-3H,1H3,(H2,9,13)(H,10,11). The highest BCUT2D eigenvalue weighted by Crippen LogP contribution is 2.17. The molecule has 0 radical (unpaired) electrons. The Bertz CT molecular complexity index is 491. The molecule has 0 atom stereocenters.